The molecule has 1 aromatic rings. The van der Waals surface area contributed by atoms with Crippen LogP contribution in [0.25, 0.3) is 0 Å². The second-order valence-corrected chi connectivity index (χ2v) is 6.27. The number of rotatable bonds is 7. The van der Waals surface area contributed by atoms with E-state index in [1.165, 1.54) is 10.9 Å². The summed E-state index contributed by atoms with van der Waals surface area (Å²) in [7, 11) is 3.85. The number of anilines is 1. The van der Waals surface area contributed by atoms with Crippen LogP contribution in [0.4, 0.5) is 5.69 Å². The molecule has 0 aromatic carbocycles. The van der Waals surface area contributed by atoms with Gasteiger partial charge >= 0.3 is 0 Å². The fourth-order valence-corrected chi connectivity index (χ4v) is 2.18. The maximum Gasteiger partial charge on any atom is 0.283 e. The van der Waals surface area contributed by atoms with Crippen LogP contribution in [0.2, 0.25) is 0 Å². The molecule has 0 aliphatic heterocycles. The van der Waals surface area contributed by atoms with Gasteiger partial charge in [0.25, 0.3) is 5.56 Å². The Morgan fingerprint density at radius 3 is 2.62 bits per heavy atom. The molecule has 0 saturated heterocycles. The van der Waals surface area contributed by atoms with Crippen LogP contribution in [0.3, 0.4) is 0 Å². The molecule has 8 heteroatoms. The summed E-state index contributed by atoms with van der Waals surface area (Å²) in [6.45, 7) is 4.96. The van der Waals surface area contributed by atoms with Crippen molar-refractivity contribution < 1.29 is 4.79 Å². The molecule has 7 nitrogen and oxygen atoms in total. The van der Waals surface area contributed by atoms with Gasteiger partial charge in [-0.25, -0.2) is 4.68 Å². The minimum Gasteiger partial charge on any atom is -0.371 e. The largest absolute Gasteiger partial charge is 0.371 e. The minimum atomic E-state index is -0.555. The van der Waals surface area contributed by atoms with Gasteiger partial charge in [-0.2, -0.15) is 5.10 Å². The molecule has 0 saturated carbocycles. The highest BCUT2D eigenvalue weighted by atomic mass is 79.9. The molecule has 0 aliphatic carbocycles. The van der Waals surface area contributed by atoms with Crippen LogP contribution < -0.4 is 16.6 Å². The third-order valence-electron chi connectivity index (χ3n) is 3.03. The van der Waals surface area contributed by atoms with Gasteiger partial charge in [0.15, 0.2) is 0 Å². The van der Waals surface area contributed by atoms with E-state index in [0.29, 0.717) is 23.2 Å². The van der Waals surface area contributed by atoms with E-state index in [-0.39, 0.29) is 11.5 Å². The van der Waals surface area contributed by atoms with Crippen molar-refractivity contribution >= 4 is 27.5 Å². The molecule has 1 rings (SSSR count). The topological polar surface area (TPSA) is 93.2 Å². The SMILES string of the molecule is CC(C)C(Nc1cnn(CCN(C)C)c(=O)c1Br)C(N)=O. The summed E-state index contributed by atoms with van der Waals surface area (Å²) >= 11 is 3.26. The number of primary amides is 1. The molecule has 0 bridgehead atoms. The Morgan fingerprint density at radius 1 is 1.52 bits per heavy atom. The summed E-state index contributed by atoms with van der Waals surface area (Å²) in [4.78, 5) is 25.6. The van der Waals surface area contributed by atoms with Crippen molar-refractivity contribution in [1.29, 1.82) is 0 Å². The number of likely N-dealkylation sites (N-methyl/N-ethyl adjacent to an activating group) is 1. The molecule has 1 aromatic heterocycles. The normalized spacial score (nSPS) is 12.7. The lowest BCUT2D eigenvalue weighted by molar-refractivity contribution is -0.119. The number of nitrogens with one attached hydrogen (secondary N) is 1. The van der Waals surface area contributed by atoms with Gasteiger partial charge in [-0.3, -0.25) is 9.59 Å². The van der Waals surface area contributed by atoms with Crippen molar-refractivity contribution in [2.24, 2.45) is 11.7 Å². The first-order valence-corrected chi connectivity index (χ1v) is 7.49. The highest BCUT2D eigenvalue weighted by Gasteiger charge is 2.21. The quantitative estimate of drug-likeness (QED) is 0.738. The third kappa shape index (κ3) is 4.82. The van der Waals surface area contributed by atoms with Crippen molar-refractivity contribution in [3.05, 3.63) is 21.0 Å². The molecule has 1 amide bonds. The molecule has 118 valence electrons. The first kappa shape index (κ1) is 17.6. The van der Waals surface area contributed by atoms with Gasteiger partial charge in [-0.15, -0.1) is 0 Å². The Morgan fingerprint density at radius 2 is 2.14 bits per heavy atom. The lowest BCUT2D eigenvalue weighted by Crippen LogP contribution is -2.40. The maximum absolute atomic E-state index is 12.2. The predicted molar refractivity (Wildman–Crippen MR) is 86.2 cm³/mol. The molecule has 0 spiro atoms. The van der Waals surface area contributed by atoms with Crippen LogP contribution >= 0.6 is 15.9 Å². The van der Waals surface area contributed by atoms with Crippen LogP contribution in [0, 0.1) is 5.92 Å². The second kappa shape index (κ2) is 7.56. The highest BCUT2D eigenvalue weighted by Crippen LogP contribution is 2.19. The Balaban J connectivity index is 2.99. The average Bonchev–Trinajstić information content (AvgIpc) is 2.38. The number of halogens is 1. The summed E-state index contributed by atoms with van der Waals surface area (Å²) in [6, 6.07) is -0.555. The second-order valence-electron chi connectivity index (χ2n) is 5.47. The van der Waals surface area contributed by atoms with Gasteiger partial charge in [-0.1, -0.05) is 13.8 Å². The van der Waals surface area contributed by atoms with Crippen LogP contribution in [-0.2, 0) is 11.3 Å². The van der Waals surface area contributed by atoms with Gasteiger partial charge in [0, 0.05) is 6.54 Å². The molecular weight excluding hydrogens is 338 g/mol. The summed E-state index contributed by atoms with van der Waals surface area (Å²) in [5, 5.41) is 7.09. The number of amides is 1. The summed E-state index contributed by atoms with van der Waals surface area (Å²) in [6.07, 6.45) is 1.53. The zero-order valence-electron chi connectivity index (χ0n) is 12.8. The van der Waals surface area contributed by atoms with Gasteiger partial charge in [0.2, 0.25) is 5.91 Å². The van der Waals surface area contributed by atoms with E-state index in [0.717, 1.165) is 0 Å². The Kier molecular flexibility index (Phi) is 6.35. The molecule has 1 heterocycles. The van der Waals surface area contributed by atoms with Crippen molar-refractivity contribution in [2.75, 3.05) is 26.0 Å². The monoisotopic (exact) mass is 359 g/mol. The van der Waals surface area contributed by atoms with E-state index < -0.39 is 11.9 Å². The van der Waals surface area contributed by atoms with Crippen LogP contribution in [0.5, 0.6) is 0 Å². The highest BCUT2D eigenvalue weighted by molar-refractivity contribution is 9.10. The summed E-state index contributed by atoms with van der Waals surface area (Å²) in [5.74, 6) is -0.459. The predicted octanol–water partition coefficient (Wildman–Crippen LogP) is 0.489. The van der Waals surface area contributed by atoms with Crippen molar-refractivity contribution in [3.8, 4) is 0 Å². The van der Waals surface area contributed by atoms with Crippen molar-refractivity contribution in [1.82, 2.24) is 14.7 Å². The van der Waals surface area contributed by atoms with E-state index in [1.807, 2.05) is 32.8 Å². The summed E-state index contributed by atoms with van der Waals surface area (Å²) < 4.78 is 1.73. The zero-order chi connectivity index (χ0) is 16.2. The number of nitrogens with zero attached hydrogens (tertiary/aromatic N) is 3. The van der Waals surface area contributed by atoms with E-state index in [4.69, 9.17) is 5.73 Å². The first-order chi connectivity index (χ1) is 9.73. The van der Waals surface area contributed by atoms with Gasteiger partial charge < -0.3 is 16.0 Å². The van der Waals surface area contributed by atoms with Gasteiger partial charge in [-0.05, 0) is 35.9 Å². The Labute approximate surface area is 132 Å². The smallest absolute Gasteiger partial charge is 0.283 e. The number of carbonyl (C=O) groups is 1. The number of aromatic nitrogens is 2. The molecule has 1 unspecified atom stereocenters. The lowest BCUT2D eigenvalue weighted by Gasteiger charge is -2.21. The number of hydrogen-bond acceptors (Lipinski definition) is 5. The van der Waals surface area contributed by atoms with E-state index in [1.54, 1.807) is 0 Å². The summed E-state index contributed by atoms with van der Waals surface area (Å²) in [5.41, 5.74) is 5.59. The molecular formula is C13H22BrN5O2. The minimum absolute atomic E-state index is 0.00516. The van der Waals surface area contributed by atoms with Crippen molar-refractivity contribution in [3.63, 3.8) is 0 Å². The van der Waals surface area contributed by atoms with Gasteiger partial charge in [0.1, 0.15) is 10.5 Å². The molecule has 3 N–H and O–H groups in total. The molecule has 0 fully saturated rings. The molecule has 21 heavy (non-hydrogen) atoms. The fourth-order valence-electron chi connectivity index (χ4n) is 1.75. The van der Waals surface area contributed by atoms with E-state index >= 15 is 0 Å². The molecule has 1 atom stereocenters. The lowest BCUT2D eigenvalue weighted by atomic mass is 10.0. The first-order valence-electron chi connectivity index (χ1n) is 6.70. The number of carbonyl (C=O) groups excluding carboxylic acids is 1. The van der Waals surface area contributed by atoms with Crippen LogP contribution in [0.1, 0.15) is 13.8 Å². The van der Waals surface area contributed by atoms with E-state index in [9.17, 15) is 9.59 Å². The standard InChI is InChI=1S/C13H22BrN5O2/c1-8(2)11(12(15)20)17-9-7-16-19(6-5-18(3)4)13(21)10(9)14/h7-8,11,17H,5-6H2,1-4H3,(H2,15,20). The van der Waals surface area contributed by atoms with E-state index in [2.05, 4.69) is 26.3 Å². The fraction of sp³-hybridized carbons (Fsp3) is 0.615. The van der Waals surface area contributed by atoms with Gasteiger partial charge in [0.05, 0.1) is 18.4 Å². The molecule has 0 radical (unpaired) electrons. The van der Waals surface area contributed by atoms with Crippen molar-refractivity contribution in [2.45, 2.75) is 26.4 Å². The number of nitrogens with two attached hydrogens (primary N) is 1. The Bertz CT molecular complexity index is 556. The third-order valence-corrected chi connectivity index (χ3v) is 3.79. The maximum atomic E-state index is 12.2. The Hall–Kier alpha value is -1.41. The zero-order valence-corrected chi connectivity index (χ0v) is 14.3. The molecule has 0 aliphatic rings. The number of hydrogen-bond donors (Lipinski definition) is 2. The average molecular weight is 360 g/mol. The van der Waals surface area contributed by atoms with Crippen LogP contribution in [-0.4, -0.2) is 47.3 Å². The van der Waals surface area contributed by atoms with Crippen LogP contribution in [0.15, 0.2) is 15.5 Å².